The lowest BCUT2D eigenvalue weighted by Crippen LogP contribution is -2.27. The molecular weight excluding hydrogens is 276 g/mol. The molecule has 8 heteroatoms. The predicted molar refractivity (Wildman–Crippen MR) is 72.3 cm³/mol. The van der Waals surface area contributed by atoms with Crippen LogP contribution in [0.4, 0.5) is 0 Å². The number of carboxylic acids is 1. The third kappa shape index (κ3) is 3.56. The van der Waals surface area contributed by atoms with Gasteiger partial charge in [0.1, 0.15) is 5.69 Å². The topological polar surface area (TPSA) is 117 Å². The first kappa shape index (κ1) is 14.5. The normalized spacial score (nSPS) is 10.3. The third-order valence-electron chi connectivity index (χ3n) is 2.84. The number of carbonyl (C=O) groups excluding carboxylic acids is 2. The van der Waals surface area contributed by atoms with Crippen molar-refractivity contribution in [1.29, 1.82) is 0 Å². The third-order valence-corrected chi connectivity index (χ3v) is 2.84. The van der Waals surface area contributed by atoms with Crippen LogP contribution in [-0.2, 0) is 6.54 Å². The number of H-pyrrole nitrogens is 1. The molecule has 0 aliphatic carbocycles. The van der Waals surface area contributed by atoms with Crippen LogP contribution >= 0.6 is 0 Å². The van der Waals surface area contributed by atoms with Crippen LogP contribution in [0.15, 0.2) is 24.8 Å². The lowest BCUT2D eigenvalue weighted by Gasteiger charge is -2.04. The van der Waals surface area contributed by atoms with Gasteiger partial charge in [-0.1, -0.05) is 0 Å². The summed E-state index contributed by atoms with van der Waals surface area (Å²) in [5, 5.41) is 11.4. The molecule has 21 heavy (non-hydrogen) atoms. The fraction of sp³-hybridized carbons (Fsp3) is 0.231. The van der Waals surface area contributed by atoms with Gasteiger partial charge >= 0.3 is 5.97 Å². The van der Waals surface area contributed by atoms with E-state index in [1.165, 1.54) is 31.7 Å². The molecule has 0 aliphatic heterocycles. The molecule has 0 aliphatic rings. The molecule has 2 rings (SSSR count). The number of carbonyl (C=O) groups is 3. The molecule has 8 nitrogen and oxygen atoms in total. The van der Waals surface area contributed by atoms with Gasteiger partial charge in [0, 0.05) is 31.0 Å². The van der Waals surface area contributed by atoms with Crippen LogP contribution in [0.25, 0.3) is 0 Å². The molecule has 0 atom stereocenters. The largest absolute Gasteiger partial charge is 0.476 e. The molecule has 0 saturated carbocycles. The van der Waals surface area contributed by atoms with E-state index in [0.717, 1.165) is 0 Å². The highest BCUT2D eigenvalue weighted by atomic mass is 16.4. The summed E-state index contributed by atoms with van der Waals surface area (Å²) in [6.45, 7) is 2.12. The Hall–Kier alpha value is -2.90. The standard InChI is InChI=1S/C13H14N4O4/c1-8(18)9-4-10(15-5-9)12(19)14-2-3-17-6-11(13(20)21)16-7-17/h4-7,15H,2-3H2,1H3,(H,14,19)(H,20,21). The summed E-state index contributed by atoms with van der Waals surface area (Å²) in [5.74, 6) is -1.55. The van der Waals surface area contributed by atoms with Crippen LogP contribution in [-0.4, -0.2) is 43.8 Å². The number of carboxylic acid groups (broad SMARTS) is 1. The van der Waals surface area contributed by atoms with E-state index in [9.17, 15) is 14.4 Å². The van der Waals surface area contributed by atoms with Gasteiger partial charge < -0.3 is 20.0 Å². The number of aromatic carboxylic acids is 1. The van der Waals surface area contributed by atoms with Crippen molar-refractivity contribution in [1.82, 2.24) is 19.9 Å². The summed E-state index contributed by atoms with van der Waals surface area (Å²) < 4.78 is 1.57. The molecule has 1 amide bonds. The van der Waals surface area contributed by atoms with Crippen molar-refractivity contribution in [3.05, 3.63) is 41.7 Å². The fourth-order valence-corrected chi connectivity index (χ4v) is 1.72. The maximum Gasteiger partial charge on any atom is 0.356 e. The molecule has 0 unspecified atom stereocenters. The minimum absolute atomic E-state index is 0.0446. The zero-order chi connectivity index (χ0) is 15.4. The van der Waals surface area contributed by atoms with Crippen molar-refractivity contribution in [2.75, 3.05) is 6.54 Å². The average molecular weight is 290 g/mol. The lowest BCUT2D eigenvalue weighted by molar-refractivity contribution is 0.0690. The molecular formula is C13H14N4O4. The molecule has 0 fully saturated rings. The van der Waals surface area contributed by atoms with Crippen LogP contribution < -0.4 is 5.32 Å². The van der Waals surface area contributed by atoms with Crippen molar-refractivity contribution in [2.45, 2.75) is 13.5 Å². The Balaban J connectivity index is 1.85. The zero-order valence-electron chi connectivity index (χ0n) is 11.3. The summed E-state index contributed by atoms with van der Waals surface area (Å²) in [5.41, 5.74) is 0.703. The van der Waals surface area contributed by atoms with Gasteiger partial charge in [-0.2, -0.15) is 0 Å². The smallest absolute Gasteiger partial charge is 0.356 e. The van der Waals surface area contributed by atoms with Crippen LogP contribution in [0.2, 0.25) is 0 Å². The van der Waals surface area contributed by atoms with Crippen LogP contribution in [0.1, 0.15) is 38.3 Å². The van der Waals surface area contributed by atoms with E-state index < -0.39 is 5.97 Å². The van der Waals surface area contributed by atoms with E-state index >= 15 is 0 Å². The molecule has 110 valence electrons. The van der Waals surface area contributed by atoms with E-state index in [-0.39, 0.29) is 17.4 Å². The van der Waals surface area contributed by atoms with E-state index in [1.807, 2.05) is 0 Å². The lowest BCUT2D eigenvalue weighted by atomic mass is 10.2. The van der Waals surface area contributed by atoms with Gasteiger partial charge in [-0.15, -0.1) is 0 Å². The molecule has 2 aromatic rings. The molecule has 2 heterocycles. The SMILES string of the molecule is CC(=O)c1c[nH]c(C(=O)NCCn2cnc(C(=O)O)c2)c1. The quantitative estimate of drug-likeness (QED) is 0.671. The second-order valence-electron chi connectivity index (χ2n) is 4.42. The number of rotatable bonds is 6. The number of amides is 1. The monoisotopic (exact) mass is 290 g/mol. The van der Waals surface area contributed by atoms with Crippen LogP contribution in [0.3, 0.4) is 0 Å². The summed E-state index contributed by atoms with van der Waals surface area (Å²) in [7, 11) is 0. The van der Waals surface area contributed by atoms with Gasteiger partial charge in [-0.25, -0.2) is 9.78 Å². The molecule has 0 aromatic carbocycles. The second kappa shape index (κ2) is 6.04. The van der Waals surface area contributed by atoms with Gasteiger partial charge in [0.15, 0.2) is 11.5 Å². The van der Waals surface area contributed by atoms with Crippen molar-refractivity contribution in [2.24, 2.45) is 0 Å². The summed E-state index contributed by atoms with van der Waals surface area (Å²) in [4.78, 5) is 40.0. The number of aromatic amines is 1. The Morgan fingerprint density at radius 1 is 1.43 bits per heavy atom. The number of ketones is 1. The highest BCUT2D eigenvalue weighted by Gasteiger charge is 2.10. The molecule has 0 saturated heterocycles. The highest BCUT2D eigenvalue weighted by molar-refractivity contribution is 5.99. The van der Waals surface area contributed by atoms with Gasteiger partial charge in [0.05, 0.1) is 6.33 Å². The van der Waals surface area contributed by atoms with Crippen molar-refractivity contribution in [3.8, 4) is 0 Å². The summed E-state index contributed by atoms with van der Waals surface area (Å²) >= 11 is 0. The van der Waals surface area contributed by atoms with Gasteiger partial charge in [0.2, 0.25) is 0 Å². The minimum atomic E-state index is -1.10. The maximum atomic E-state index is 11.8. The van der Waals surface area contributed by atoms with Crippen molar-refractivity contribution < 1.29 is 19.5 Å². The van der Waals surface area contributed by atoms with E-state index in [2.05, 4.69) is 15.3 Å². The van der Waals surface area contributed by atoms with E-state index in [0.29, 0.717) is 24.3 Å². The molecule has 0 bridgehead atoms. The zero-order valence-corrected chi connectivity index (χ0v) is 11.3. The molecule has 0 radical (unpaired) electrons. The number of hydrogen-bond acceptors (Lipinski definition) is 4. The first-order chi connectivity index (χ1) is 9.97. The van der Waals surface area contributed by atoms with E-state index in [4.69, 9.17) is 5.11 Å². The number of aromatic nitrogens is 3. The predicted octanol–water partition coefficient (Wildman–Crippen LogP) is 0.542. The van der Waals surface area contributed by atoms with Crippen molar-refractivity contribution >= 4 is 17.7 Å². The number of nitrogens with zero attached hydrogens (tertiary/aromatic N) is 2. The van der Waals surface area contributed by atoms with Gasteiger partial charge in [-0.05, 0) is 13.0 Å². The number of imidazole rings is 1. The minimum Gasteiger partial charge on any atom is -0.476 e. The fourth-order valence-electron chi connectivity index (χ4n) is 1.72. The molecule has 3 N–H and O–H groups in total. The number of hydrogen-bond donors (Lipinski definition) is 3. The average Bonchev–Trinajstić information content (AvgIpc) is 3.07. The van der Waals surface area contributed by atoms with E-state index in [1.54, 1.807) is 4.57 Å². The number of Topliss-reactive ketones (excluding diaryl/α,β-unsaturated/α-hetero) is 1. The Kier molecular flexibility index (Phi) is 4.17. The Morgan fingerprint density at radius 3 is 2.76 bits per heavy atom. The maximum absolute atomic E-state index is 11.8. The first-order valence-electron chi connectivity index (χ1n) is 6.20. The molecule has 0 spiro atoms. The second-order valence-corrected chi connectivity index (χ2v) is 4.42. The highest BCUT2D eigenvalue weighted by Crippen LogP contribution is 2.04. The Labute approximate surface area is 119 Å². The Morgan fingerprint density at radius 2 is 2.19 bits per heavy atom. The van der Waals surface area contributed by atoms with Crippen molar-refractivity contribution in [3.63, 3.8) is 0 Å². The van der Waals surface area contributed by atoms with Gasteiger partial charge in [0.25, 0.3) is 5.91 Å². The number of nitrogens with one attached hydrogen (secondary N) is 2. The summed E-state index contributed by atoms with van der Waals surface area (Å²) in [6, 6.07) is 1.48. The Bertz CT molecular complexity index is 686. The summed E-state index contributed by atoms with van der Waals surface area (Å²) in [6.07, 6.45) is 4.25. The van der Waals surface area contributed by atoms with Gasteiger partial charge in [-0.3, -0.25) is 9.59 Å². The van der Waals surface area contributed by atoms with Crippen LogP contribution in [0, 0.1) is 0 Å². The molecule has 2 aromatic heterocycles. The first-order valence-corrected chi connectivity index (χ1v) is 6.20. The van der Waals surface area contributed by atoms with Crippen LogP contribution in [0.5, 0.6) is 0 Å².